The van der Waals surface area contributed by atoms with Crippen LogP contribution in [0.1, 0.15) is 31.2 Å². The Hall–Kier alpha value is -1.39. The van der Waals surface area contributed by atoms with Gasteiger partial charge in [0.2, 0.25) is 0 Å². The van der Waals surface area contributed by atoms with Crippen molar-refractivity contribution in [3.8, 4) is 5.75 Å². The first-order valence-corrected chi connectivity index (χ1v) is 8.01. The minimum Gasteiger partial charge on any atom is -0.490 e. The van der Waals surface area contributed by atoms with E-state index in [-0.39, 0.29) is 11.4 Å². The molecule has 0 fully saturated rings. The molecule has 2 nitrogen and oxygen atoms in total. The van der Waals surface area contributed by atoms with Crippen molar-refractivity contribution in [2.45, 2.75) is 39.3 Å². The van der Waals surface area contributed by atoms with Crippen LogP contribution in [-0.4, -0.2) is 12.1 Å². The minimum atomic E-state index is -0.297. The maximum atomic E-state index is 14.0. The van der Waals surface area contributed by atoms with Gasteiger partial charge in [0.05, 0.1) is 6.61 Å². The molecular weight excluding hydrogens is 285 g/mol. The van der Waals surface area contributed by atoms with Crippen molar-refractivity contribution < 1.29 is 9.13 Å². The van der Waals surface area contributed by atoms with Gasteiger partial charge in [-0.2, -0.15) is 0 Å². The van der Waals surface area contributed by atoms with Crippen LogP contribution in [0, 0.1) is 5.82 Å². The van der Waals surface area contributed by atoms with Gasteiger partial charge in [-0.3, -0.25) is 0 Å². The highest BCUT2D eigenvalue weighted by molar-refractivity contribution is 7.09. The van der Waals surface area contributed by atoms with Crippen LogP contribution >= 0.6 is 11.3 Å². The van der Waals surface area contributed by atoms with Gasteiger partial charge in [0.15, 0.2) is 11.6 Å². The van der Waals surface area contributed by atoms with Gasteiger partial charge in [0.25, 0.3) is 0 Å². The van der Waals surface area contributed by atoms with Gasteiger partial charge in [-0.1, -0.05) is 18.2 Å². The van der Waals surface area contributed by atoms with E-state index in [9.17, 15) is 4.39 Å². The minimum absolute atomic E-state index is 0.0133. The van der Waals surface area contributed by atoms with Crippen LogP contribution in [0.5, 0.6) is 5.75 Å². The van der Waals surface area contributed by atoms with Crippen molar-refractivity contribution in [2.24, 2.45) is 0 Å². The molecule has 0 amide bonds. The molecule has 0 radical (unpaired) electrons. The lowest BCUT2D eigenvalue weighted by molar-refractivity contribution is 0.299. The molecule has 1 aromatic heterocycles. The van der Waals surface area contributed by atoms with Crippen LogP contribution in [-0.2, 0) is 13.0 Å². The Morgan fingerprint density at radius 2 is 2.00 bits per heavy atom. The second kappa shape index (κ2) is 7.05. The molecule has 21 heavy (non-hydrogen) atoms. The number of hydrogen-bond donors (Lipinski definition) is 1. The Morgan fingerprint density at radius 3 is 2.67 bits per heavy atom. The largest absolute Gasteiger partial charge is 0.490 e. The van der Waals surface area contributed by atoms with Crippen LogP contribution in [0.4, 0.5) is 4.39 Å². The van der Waals surface area contributed by atoms with E-state index >= 15 is 0 Å². The summed E-state index contributed by atoms with van der Waals surface area (Å²) in [5.74, 6) is 0.0696. The Bertz CT molecular complexity index is 561. The zero-order chi connectivity index (χ0) is 15.3. The molecule has 2 aromatic rings. The first kappa shape index (κ1) is 16.0. The van der Waals surface area contributed by atoms with Crippen molar-refractivity contribution in [2.75, 3.05) is 6.61 Å². The number of ether oxygens (including phenoxy) is 1. The van der Waals surface area contributed by atoms with E-state index < -0.39 is 0 Å². The first-order valence-electron chi connectivity index (χ1n) is 7.13. The predicted octanol–water partition coefficient (Wildman–Crippen LogP) is 4.40. The third kappa shape index (κ3) is 5.14. The smallest absolute Gasteiger partial charge is 0.165 e. The Morgan fingerprint density at radius 1 is 1.19 bits per heavy atom. The molecule has 0 saturated carbocycles. The summed E-state index contributed by atoms with van der Waals surface area (Å²) in [6.45, 7) is 7.34. The van der Waals surface area contributed by atoms with Crippen LogP contribution < -0.4 is 10.1 Å². The number of benzene rings is 1. The molecule has 0 aliphatic rings. The predicted molar refractivity (Wildman–Crippen MR) is 86.5 cm³/mol. The number of thiophene rings is 1. The van der Waals surface area contributed by atoms with Crippen LogP contribution in [0.2, 0.25) is 0 Å². The molecule has 0 aliphatic heterocycles. The summed E-state index contributed by atoms with van der Waals surface area (Å²) >= 11 is 1.69. The van der Waals surface area contributed by atoms with Crippen molar-refractivity contribution in [1.29, 1.82) is 0 Å². The highest BCUT2D eigenvalue weighted by atomic mass is 32.1. The van der Waals surface area contributed by atoms with Gasteiger partial charge in [0.1, 0.15) is 0 Å². The molecule has 1 heterocycles. The number of halogens is 1. The van der Waals surface area contributed by atoms with E-state index in [1.807, 2.05) is 17.5 Å². The van der Waals surface area contributed by atoms with Crippen molar-refractivity contribution in [1.82, 2.24) is 5.32 Å². The molecule has 1 aromatic carbocycles. The Balaban J connectivity index is 1.99. The molecule has 0 atom stereocenters. The van der Waals surface area contributed by atoms with Crippen molar-refractivity contribution in [3.05, 3.63) is 52.0 Å². The summed E-state index contributed by atoms with van der Waals surface area (Å²) in [6, 6.07) is 9.16. The Labute approximate surface area is 130 Å². The first-order chi connectivity index (χ1) is 9.96. The maximum Gasteiger partial charge on any atom is 0.165 e. The SMILES string of the molecule is CC(C)(C)NCc1cccc(F)c1OCCc1cccs1. The van der Waals surface area contributed by atoms with Gasteiger partial charge in [-0.25, -0.2) is 4.39 Å². The summed E-state index contributed by atoms with van der Waals surface area (Å²) in [7, 11) is 0. The number of para-hydroxylation sites is 1. The van der Waals surface area contributed by atoms with Crippen LogP contribution in [0.25, 0.3) is 0 Å². The van der Waals surface area contributed by atoms with Crippen LogP contribution in [0.15, 0.2) is 35.7 Å². The summed E-state index contributed by atoms with van der Waals surface area (Å²) in [4.78, 5) is 1.25. The molecule has 0 bridgehead atoms. The molecule has 0 saturated heterocycles. The molecule has 1 N–H and O–H groups in total. The monoisotopic (exact) mass is 307 g/mol. The fraction of sp³-hybridized carbons (Fsp3) is 0.412. The van der Waals surface area contributed by atoms with Gasteiger partial charge < -0.3 is 10.1 Å². The second-order valence-corrected chi connectivity index (χ2v) is 7.04. The molecule has 2 rings (SSSR count). The second-order valence-electron chi connectivity index (χ2n) is 6.01. The maximum absolute atomic E-state index is 14.0. The standard InChI is InChI=1S/C17H22FNOS/c1-17(2,3)19-12-13-6-4-8-15(18)16(13)20-10-9-14-7-5-11-21-14/h4-8,11,19H,9-10,12H2,1-3H3. The lowest BCUT2D eigenvalue weighted by Crippen LogP contribution is -2.35. The van der Waals surface area contributed by atoms with E-state index in [4.69, 9.17) is 4.74 Å². The molecule has 0 aliphatic carbocycles. The van der Waals surface area contributed by atoms with Crippen molar-refractivity contribution >= 4 is 11.3 Å². The zero-order valence-electron chi connectivity index (χ0n) is 12.8. The average Bonchev–Trinajstić information content (AvgIpc) is 2.91. The molecule has 0 unspecified atom stereocenters. The third-order valence-corrected chi connectivity index (χ3v) is 3.97. The third-order valence-electron chi connectivity index (χ3n) is 3.03. The highest BCUT2D eigenvalue weighted by Crippen LogP contribution is 2.23. The highest BCUT2D eigenvalue weighted by Gasteiger charge is 2.13. The summed E-state index contributed by atoms with van der Waals surface area (Å²) in [5, 5.41) is 5.40. The number of nitrogens with one attached hydrogen (secondary N) is 1. The summed E-state index contributed by atoms with van der Waals surface area (Å²) in [5.41, 5.74) is 0.844. The van der Waals surface area contributed by atoms with E-state index in [1.165, 1.54) is 10.9 Å². The molecule has 4 heteroatoms. The lowest BCUT2D eigenvalue weighted by Gasteiger charge is -2.21. The number of rotatable bonds is 6. The molecule has 114 valence electrons. The quantitative estimate of drug-likeness (QED) is 0.854. The average molecular weight is 307 g/mol. The fourth-order valence-electron chi connectivity index (χ4n) is 1.92. The summed E-state index contributed by atoms with van der Waals surface area (Å²) in [6.07, 6.45) is 0.804. The zero-order valence-corrected chi connectivity index (χ0v) is 13.6. The van der Waals surface area contributed by atoms with Gasteiger partial charge in [-0.05, 0) is 38.3 Å². The van der Waals surface area contributed by atoms with E-state index in [2.05, 4.69) is 32.2 Å². The molecular formula is C17H22FNOS. The van der Waals surface area contributed by atoms with Crippen LogP contribution in [0.3, 0.4) is 0 Å². The van der Waals surface area contributed by atoms with Gasteiger partial charge in [0, 0.05) is 28.9 Å². The van der Waals surface area contributed by atoms with E-state index in [0.717, 1.165) is 12.0 Å². The molecule has 0 spiro atoms. The fourth-order valence-corrected chi connectivity index (χ4v) is 2.61. The topological polar surface area (TPSA) is 21.3 Å². The van der Waals surface area contributed by atoms with Crippen molar-refractivity contribution in [3.63, 3.8) is 0 Å². The lowest BCUT2D eigenvalue weighted by atomic mass is 10.1. The normalized spacial score (nSPS) is 11.6. The van der Waals surface area contributed by atoms with Gasteiger partial charge in [-0.15, -0.1) is 11.3 Å². The Kier molecular flexibility index (Phi) is 5.37. The van der Waals surface area contributed by atoms with E-state index in [1.54, 1.807) is 17.4 Å². The van der Waals surface area contributed by atoms with E-state index in [0.29, 0.717) is 18.9 Å². The summed E-state index contributed by atoms with van der Waals surface area (Å²) < 4.78 is 19.7. The van der Waals surface area contributed by atoms with Gasteiger partial charge >= 0.3 is 0 Å². The number of hydrogen-bond acceptors (Lipinski definition) is 3.